The highest BCUT2D eigenvalue weighted by molar-refractivity contribution is 7.89. The van der Waals surface area contributed by atoms with E-state index in [0.29, 0.717) is 54.6 Å². The molecule has 5 rings (SSSR count). The van der Waals surface area contributed by atoms with Gasteiger partial charge in [-0.3, -0.25) is 5.32 Å². The van der Waals surface area contributed by atoms with E-state index in [1.807, 2.05) is 30.3 Å². The molecule has 0 aliphatic carbocycles. The molecule has 2 heterocycles. The molecule has 1 aromatic heterocycles. The fraction of sp³-hybridized carbons (Fsp3) is 0.222. The summed E-state index contributed by atoms with van der Waals surface area (Å²) in [4.78, 5) is 17.2. The van der Waals surface area contributed by atoms with Gasteiger partial charge in [-0.1, -0.05) is 53.7 Å². The molecule has 0 unspecified atom stereocenters. The van der Waals surface area contributed by atoms with E-state index in [-0.39, 0.29) is 10.6 Å². The lowest BCUT2D eigenvalue weighted by Crippen LogP contribution is -2.48. The molecule has 3 aromatic carbocycles. The van der Waals surface area contributed by atoms with Gasteiger partial charge in [-0.05, 0) is 29.8 Å². The Balaban J connectivity index is 1.36. The third kappa shape index (κ3) is 6.25. The van der Waals surface area contributed by atoms with E-state index in [1.165, 1.54) is 6.07 Å². The SMILES string of the molecule is Cc1nc(-c2cccc(NC3(OC(=O)Nc4ccc(-c5ccccc5)c(S(N)(=O)=O)c4)CCOCC3)c2)no1. The average Bonchev–Trinajstić information content (AvgIpc) is 3.35. The molecule has 0 bridgehead atoms. The van der Waals surface area contributed by atoms with Crippen molar-refractivity contribution in [3.8, 4) is 22.5 Å². The second kappa shape index (κ2) is 10.8. The van der Waals surface area contributed by atoms with Gasteiger partial charge in [-0.2, -0.15) is 4.98 Å². The van der Waals surface area contributed by atoms with Crippen LogP contribution in [0.2, 0.25) is 0 Å². The number of sulfonamides is 1. The van der Waals surface area contributed by atoms with E-state index in [0.717, 1.165) is 5.56 Å². The molecule has 1 aliphatic rings. The second-order valence-electron chi connectivity index (χ2n) is 9.09. The number of anilines is 2. The topological polar surface area (TPSA) is 159 Å². The van der Waals surface area contributed by atoms with E-state index < -0.39 is 21.8 Å². The van der Waals surface area contributed by atoms with Crippen LogP contribution in [0.4, 0.5) is 16.2 Å². The normalized spacial score (nSPS) is 14.9. The lowest BCUT2D eigenvalue weighted by molar-refractivity contribution is -0.0495. The average molecular weight is 550 g/mol. The van der Waals surface area contributed by atoms with Crippen LogP contribution in [0.3, 0.4) is 0 Å². The van der Waals surface area contributed by atoms with Crippen molar-refractivity contribution < 1.29 is 27.2 Å². The van der Waals surface area contributed by atoms with Crippen LogP contribution < -0.4 is 15.8 Å². The van der Waals surface area contributed by atoms with Crippen molar-refractivity contribution in [2.24, 2.45) is 5.14 Å². The van der Waals surface area contributed by atoms with Gasteiger partial charge in [0.05, 0.1) is 18.1 Å². The maximum atomic E-state index is 13.1. The Morgan fingerprint density at radius 3 is 2.41 bits per heavy atom. The minimum Gasteiger partial charge on any atom is -0.423 e. The molecule has 0 radical (unpaired) electrons. The summed E-state index contributed by atoms with van der Waals surface area (Å²) in [5, 5.41) is 15.4. The first-order valence-corrected chi connectivity index (χ1v) is 13.7. The number of rotatable bonds is 7. The molecule has 11 nitrogen and oxygen atoms in total. The molecule has 4 aromatic rings. The zero-order valence-electron chi connectivity index (χ0n) is 21.1. The van der Waals surface area contributed by atoms with Crippen LogP contribution in [0.5, 0.6) is 0 Å². The first kappa shape index (κ1) is 26.4. The van der Waals surface area contributed by atoms with Crippen LogP contribution in [0, 0.1) is 6.92 Å². The van der Waals surface area contributed by atoms with Crippen molar-refractivity contribution in [1.29, 1.82) is 0 Å². The number of primary sulfonamides is 1. The van der Waals surface area contributed by atoms with Crippen LogP contribution >= 0.6 is 0 Å². The number of nitrogens with zero attached hydrogens (tertiary/aromatic N) is 2. The summed E-state index contributed by atoms with van der Waals surface area (Å²) in [7, 11) is -4.08. The lowest BCUT2D eigenvalue weighted by Gasteiger charge is -2.38. The van der Waals surface area contributed by atoms with Gasteiger partial charge in [0.25, 0.3) is 0 Å². The molecule has 202 valence electrons. The van der Waals surface area contributed by atoms with Gasteiger partial charge < -0.3 is 19.3 Å². The number of ether oxygens (including phenoxy) is 2. The highest BCUT2D eigenvalue weighted by atomic mass is 32.2. The molecule has 12 heteroatoms. The number of aromatic nitrogens is 2. The molecule has 0 saturated carbocycles. The third-order valence-electron chi connectivity index (χ3n) is 6.23. The Morgan fingerprint density at radius 1 is 0.974 bits per heavy atom. The first-order valence-electron chi connectivity index (χ1n) is 12.2. The molecule has 1 fully saturated rings. The van der Waals surface area contributed by atoms with Gasteiger partial charge in [-0.25, -0.2) is 18.4 Å². The summed E-state index contributed by atoms with van der Waals surface area (Å²) in [5.41, 5.74) is 1.68. The van der Waals surface area contributed by atoms with Crippen LogP contribution in [-0.2, 0) is 19.5 Å². The smallest absolute Gasteiger partial charge is 0.413 e. The highest BCUT2D eigenvalue weighted by Gasteiger charge is 2.37. The largest absolute Gasteiger partial charge is 0.423 e. The maximum Gasteiger partial charge on any atom is 0.413 e. The fourth-order valence-corrected chi connectivity index (χ4v) is 5.17. The van der Waals surface area contributed by atoms with E-state index in [9.17, 15) is 13.2 Å². The molecular formula is C27H27N5O6S. The number of hydrogen-bond acceptors (Lipinski definition) is 9. The number of benzene rings is 3. The first-order chi connectivity index (χ1) is 18.7. The predicted octanol–water partition coefficient (Wildman–Crippen LogP) is 4.53. The van der Waals surface area contributed by atoms with E-state index in [1.54, 1.807) is 43.3 Å². The van der Waals surface area contributed by atoms with Gasteiger partial charge in [0.2, 0.25) is 21.7 Å². The summed E-state index contributed by atoms with van der Waals surface area (Å²) < 4.78 is 41.2. The van der Waals surface area contributed by atoms with Crippen molar-refractivity contribution in [2.45, 2.75) is 30.4 Å². The number of carbonyl (C=O) groups excluding carboxylic acids is 1. The highest BCUT2D eigenvalue weighted by Crippen LogP contribution is 2.32. The standard InChI is InChI=1S/C27H27N5O6S/c1-18-29-25(32-38-18)20-8-5-9-22(16-20)31-27(12-14-36-15-13-27)37-26(33)30-21-10-11-23(19-6-3-2-4-7-19)24(17-21)39(28,34)35/h2-11,16-17,31H,12-15H2,1H3,(H,30,33)(H2,28,34,35). The number of nitrogens with two attached hydrogens (primary N) is 1. The Kier molecular flexibility index (Phi) is 7.33. The van der Waals surface area contributed by atoms with E-state index in [4.69, 9.17) is 19.1 Å². The summed E-state index contributed by atoms with van der Waals surface area (Å²) in [6, 6.07) is 20.9. The van der Waals surface area contributed by atoms with Gasteiger partial charge in [0, 0.05) is 42.3 Å². The van der Waals surface area contributed by atoms with Gasteiger partial charge in [-0.15, -0.1) is 0 Å². The minimum atomic E-state index is -4.08. The Morgan fingerprint density at radius 2 is 1.72 bits per heavy atom. The number of aryl methyl sites for hydroxylation is 1. The van der Waals surface area contributed by atoms with E-state index in [2.05, 4.69) is 20.8 Å². The van der Waals surface area contributed by atoms with Crippen LogP contribution in [0.1, 0.15) is 18.7 Å². The quantitative estimate of drug-likeness (QED) is 0.282. The molecule has 39 heavy (non-hydrogen) atoms. The van der Waals surface area contributed by atoms with Crippen LogP contribution in [0.25, 0.3) is 22.5 Å². The van der Waals surface area contributed by atoms with Gasteiger partial charge >= 0.3 is 6.09 Å². The van der Waals surface area contributed by atoms with Crippen molar-refractivity contribution in [3.63, 3.8) is 0 Å². The number of amides is 1. The van der Waals surface area contributed by atoms with Gasteiger partial charge in [0.15, 0.2) is 5.72 Å². The monoisotopic (exact) mass is 549 g/mol. The molecule has 0 atom stereocenters. The molecular weight excluding hydrogens is 522 g/mol. The Hall–Kier alpha value is -4.26. The molecule has 1 amide bonds. The molecule has 1 aliphatic heterocycles. The molecule has 0 spiro atoms. The third-order valence-corrected chi connectivity index (χ3v) is 7.18. The second-order valence-corrected chi connectivity index (χ2v) is 10.6. The Labute approximate surface area is 225 Å². The van der Waals surface area contributed by atoms with Crippen molar-refractivity contribution in [1.82, 2.24) is 10.1 Å². The summed E-state index contributed by atoms with van der Waals surface area (Å²) in [5.74, 6) is 0.895. The summed E-state index contributed by atoms with van der Waals surface area (Å²) in [6.07, 6.45) is 0.0186. The molecule has 1 saturated heterocycles. The van der Waals surface area contributed by atoms with E-state index >= 15 is 0 Å². The zero-order chi connectivity index (χ0) is 27.5. The summed E-state index contributed by atoms with van der Waals surface area (Å²) in [6.45, 7) is 2.47. The lowest BCUT2D eigenvalue weighted by atomic mass is 10.0. The number of hydrogen-bond donors (Lipinski definition) is 3. The van der Waals surface area contributed by atoms with Crippen molar-refractivity contribution >= 4 is 27.5 Å². The van der Waals surface area contributed by atoms with Gasteiger partial charge in [0.1, 0.15) is 0 Å². The molecule has 4 N–H and O–H groups in total. The summed E-state index contributed by atoms with van der Waals surface area (Å²) >= 11 is 0. The number of nitrogens with one attached hydrogen (secondary N) is 2. The number of carbonyl (C=O) groups is 1. The fourth-order valence-electron chi connectivity index (χ4n) is 4.38. The Bertz CT molecular complexity index is 1580. The van der Waals surface area contributed by atoms with Crippen molar-refractivity contribution in [2.75, 3.05) is 23.8 Å². The van der Waals surface area contributed by atoms with Crippen molar-refractivity contribution in [3.05, 3.63) is 78.7 Å². The predicted molar refractivity (Wildman–Crippen MR) is 144 cm³/mol. The maximum absolute atomic E-state index is 13.1. The zero-order valence-corrected chi connectivity index (χ0v) is 21.9. The van der Waals surface area contributed by atoms with Crippen LogP contribution in [-0.4, -0.2) is 43.6 Å². The van der Waals surface area contributed by atoms with Crippen LogP contribution in [0.15, 0.2) is 82.2 Å². The minimum absolute atomic E-state index is 0.112.